The maximum Gasteiger partial charge on any atom is 0.404 e. The molecule has 3 aliphatic rings. The van der Waals surface area contributed by atoms with Crippen molar-refractivity contribution < 1.29 is 76.4 Å². The van der Waals surface area contributed by atoms with Crippen LogP contribution in [-0.4, -0.2) is 136 Å². The van der Waals surface area contributed by atoms with Crippen LogP contribution in [0.25, 0.3) is 11.1 Å². The highest BCUT2D eigenvalue weighted by Crippen LogP contribution is 2.41. The van der Waals surface area contributed by atoms with Crippen molar-refractivity contribution in [3.05, 3.63) is 56.8 Å². The molecule has 0 bridgehead atoms. The molecule has 6 amide bonds. The van der Waals surface area contributed by atoms with Gasteiger partial charge in [0.15, 0.2) is 10.3 Å². The number of esters is 4. The maximum absolute atomic E-state index is 14.5. The molecule has 2 aromatic rings. The molecule has 0 spiro atoms. The van der Waals surface area contributed by atoms with Gasteiger partial charge in [-0.3, -0.25) is 33.7 Å². The Kier molecular flexibility index (Phi) is 20.5. The number of amides is 6. The summed E-state index contributed by atoms with van der Waals surface area (Å²) in [4.78, 5) is 141. The van der Waals surface area contributed by atoms with Crippen LogP contribution in [0.1, 0.15) is 79.6 Å². The zero-order chi connectivity index (χ0) is 56.2. The first-order valence-corrected chi connectivity index (χ1v) is 26.9. The number of carbonyl (C=O) groups is 10. The molecule has 0 aliphatic carbocycles. The molecule has 30 heteroatoms. The van der Waals surface area contributed by atoms with Crippen LogP contribution >= 0.6 is 46.2 Å². The second-order valence-electron chi connectivity index (χ2n) is 18.4. The normalized spacial score (nSPS) is 18.2. The van der Waals surface area contributed by atoms with Gasteiger partial charge in [0, 0.05) is 33.4 Å². The number of primary amides is 2. The molecule has 3 aliphatic heterocycles. The lowest BCUT2D eigenvalue weighted by Gasteiger charge is -2.49. The second-order valence-corrected chi connectivity index (χ2v) is 22.4. The number of β-lactam (4-membered cyclic amide) rings is 1. The van der Waals surface area contributed by atoms with E-state index < -0.39 is 120 Å². The molecule has 26 nitrogen and oxygen atoms in total. The zero-order valence-corrected chi connectivity index (χ0v) is 45.8. The van der Waals surface area contributed by atoms with Gasteiger partial charge < -0.3 is 66.9 Å². The topological polar surface area (TPSA) is 381 Å². The Labute approximate surface area is 452 Å². The fourth-order valence-electron chi connectivity index (χ4n) is 6.79. The lowest BCUT2D eigenvalue weighted by molar-refractivity contribution is -0.174. The Morgan fingerprint density at radius 2 is 1.29 bits per heavy atom. The first-order valence-electron chi connectivity index (χ1n) is 23.1. The van der Waals surface area contributed by atoms with E-state index in [0.29, 0.717) is 12.8 Å². The number of hydrogen-bond acceptors (Lipinski definition) is 24. The van der Waals surface area contributed by atoms with Crippen LogP contribution in [-0.2, 0) is 66.8 Å². The molecule has 0 radical (unpaired) electrons. The number of aromatic nitrogens is 2. The van der Waals surface area contributed by atoms with Crippen molar-refractivity contribution in [2.24, 2.45) is 22.3 Å². The Balaban J connectivity index is 1.37. The number of nitrogens with zero attached hydrogens (tertiary/aromatic N) is 3. The number of anilines is 2. The summed E-state index contributed by atoms with van der Waals surface area (Å²) in [6, 6.07) is -2.71. The number of nitrogen functional groups attached to an aromatic ring is 1. The fourth-order valence-corrected chi connectivity index (χ4v) is 10.6. The highest BCUT2D eigenvalue weighted by Gasteiger charge is 2.55. The predicted octanol–water partition coefficient (Wildman–Crippen LogP) is 2.83. The van der Waals surface area contributed by atoms with E-state index in [-0.39, 0.29) is 66.8 Å². The average Bonchev–Trinajstić information content (AvgIpc) is 4.01. The summed E-state index contributed by atoms with van der Waals surface area (Å²) in [5, 5.41) is 12.2. The van der Waals surface area contributed by atoms with E-state index in [1.54, 1.807) is 72.9 Å². The number of allylic oxidation sites excluding steroid dienone is 2. The third-order valence-electron chi connectivity index (χ3n) is 10.6. The van der Waals surface area contributed by atoms with Gasteiger partial charge >= 0.3 is 36.1 Å². The Hall–Kier alpha value is -7.18. The molecule has 5 rings (SSSR count). The van der Waals surface area contributed by atoms with E-state index >= 15 is 0 Å². The SMILES string of the molecule is CC/C=C(\C(=O)N[C@H](C(=O)Nc1nc(/C(=C/CC)C(=O)N[C@@H]2C(=O)N3C(C(=O)OCOC(=O)C(C)(C)C)=C(COC(N)=O)CS[C@H]23)cs1)[C@@H]1NC(C(=O)OCOC(=O)C(C)(C)C)=C(COC(N)=O)CS1)c1csc(N)n1. The summed E-state index contributed by atoms with van der Waals surface area (Å²) < 4.78 is 30.5. The highest BCUT2D eigenvalue weighted by atomic mass is 32.2. The van der Waals surface area contributed by atoms with Crippen molar-refractivity contribution in [1.29, 1.82) is 0 Å². The van der Waals surface area contributed by atoms with E-state index in [9.17, 15) is 47.9 Å². The van der Waals surface area contributed by atoms with Crippen molar-refractivity contribution in [2.75, 3.05) is 49.4 Å². The molecule has 4 atom stereocenters. The minimum absolute atomic E-state index is 0.0103. The standard InChI is InChI=1S/C46H58N10O16S4/c1-9-11-23(25-17-75-41(47)50-25)31(57)52-28(34-54-27(21(15-73-34)13-67-42(48)65)37(61)69-19-71-39(63)45(3,4)5)33(59)55-44-51-26(18-76-44)24(12-10-2)32(58)53-29-35(60)56-30(22(14-68-43(49)66)16-74-36(29)56)38(62)70-20-72-40(64)46(6,7)8/h11-12,17-18,28-29,34,36,54H,9-10,13-16,19-20H2,1-8H3,(H2,47,50)(H2,48,65)(H2,49,66)(H,52,57)(H,53,58)(H,51,55,59)/b23-11-,24-12-/t28-,29-,34-,36-/m1/s1. The van der Waals surface area contributed by atoms with Gasteiger partial charge in [-0.15, -0.1) is 46.2 Å². The number of ether oxygens (including phenoxy) is 6. The summed E-state index contributed by atoms with van der Waals surface area (Å²) in [5.41, 5.74) is 14.6. The smallest absolute Gasteiger partial charge is 0.404 e. The summed E-state index contributed by atoms with van der Waals surface area (Å²) in [5.74, 6) is -6.54. The van der Waals surface area contributed by atoms with E-state index in [0.717, 1.165) is 51.1 Å². The highest BCUT2D eigenvalue weighted by molar-refractivity contribution is 8.00. The molecule has 0 saturated carbocycles. The molecule has 5 heterocycles. The van der Waals surface area contributed by atoms with E-state index in [4.69, 9.17) is 45.6 Å². The minimum atomic E-state index is -1.53. The Morgan fingerprint density at radius 1 is 0.750 bits per heavy atom. The van der Waals surface area contributed by atoms with Crippen LogP contribution in [0.3, 0.4) is 0 Å². The van der Waals surface area contributed by atoms with Crippen LogP contribution in [0.15, 0.2) is 45.5 Å². The molecule has 1 fully saturated rings. The molecule has 0 unspecified atom stereocenters. The van der Waals surface area contributed by atoms with Gasteiger partial charge in [0.1, 0.15) is 47.4 Å². The van der Waals surface area contributed by atoms with Gasteiger partial charge in [0.2, 0.25) is 13.6 Å². The lowest BCUT2D eigenvalue weighted by atomic mass is 9.97. The number of hydrogen-bond donors (Lipinski definition) is 7. The first kappa shape index (κ1) is 59.7. The van der Waals surface area contributed by atoms with Crippen molar-refractivity contribution in [3.63, 3.8) is 0 Å². The van der Waals surface area contributed by atoms with Crippen LogP contribution in [0.4, 0.5) is 19.9 Å². The van der Waals surface area contributed by atoms with Gasteiger partial charge in [0.25, 0.3) is 23.6 Å². The first-order chi connectivity index (χ1) is 35.7. The Morgan fingerprint density at radius 3 is 1.84 bits per heavy atom. The monoisotopic (exact) mass is 1130 g/mol. The van der Waals surface area contributed by atoms with E-state index in [1.807, 2.05) is 0 Å². The quantitative estimate of drug-likeness (QED) is 0.0311. The van der Waals surface area contributed by atoms with Gasteiger partial charge in [0.05, 0.1) is 33.4 Å². The molecular formula is C46H58N10O16S4. The van der Waals surface area contributed by atoms with Crippen LogP contribution < -0.4 is 38.5 Å². The third-order valence-corrected chi connectivity index (χ3v) is 14.6. The van der Waals surface area contributed by atoms with Crippen molar-refractivity contribution >= 4 is 127 Å². The number of thiazole rings is 2. The van der Waals surface area contributed by atoms with Crippen LogP contribution in [0.5, 0.6) is 0 Å². The summed E-state index contributed by atoms with van der Waals surface area (Å²) in [6.07, 6.45) is 1.53. The van der Waals surface area contributed by atoms with E-state index in [2.05, 4.69) is 31.2 Å². The number of rotatable bonds is 21. The van der Waals surface area contributed by atoms with Gasteiger partial charge in [-0.25, -0.2) is 29.1 Å². The summed E-state index contributed by atoms with van der Waals surface area (Å²) >= 11 is 4.19. The number of thioether (sulfide) groups is 2. The molecule has 412 valence electrons. The lowest BCUT2D eigenvalue weighted by Crippen LogP contribution is -2.70. The molecule has 76 heavy (non-hydrogen) atoms. The van der Waals surface area contributed by atoms with Crippen molar-refractivity contribution in [1.82, 2.24) is 30.8 Å². The minimum Gasteiger partial charge on any atom is -0.445 e. The molecule has 10 N–H and O–H groups in total. The van der Waals surface area contributed by atoms with E-state index in [1.165, 1.54) is 5.38 Å². The molecular weight excluding hydrogens is 1080 g/mol. The second kappa shape index (κ2) is 26.0. The number of fused-ring (bicyclic) bond motifs is 1. The number of nitrogens with one attached hydrogen (secondary N) is 4. The molecule has 1 saturated heterocycles. The van der Waals surface area contributed by atoms with Gasteiger partial charge in [-0.1, -0.05) is 26.0 Å². The third kappa shape index (κ3) is 15.5. The van der Waals surface area contributed by atoms with Gasteiger partial charge in [-0.05, 0) is 54.4 Å². The summed E-state index contributed by atoms with van der Waals surface area (Å²) in [6.45, 7) is 10.6. The average molecular weight is 1140 g/mol. The molecule has 0 aromatic carbocycles. The van der Waals surface area contributed by atoms with Crippen molar-refractivity contribution in [2.45, 2.75) is 91.1 Å². The van der Waals surface area contributed by atoms with Crippen LogP contribution in [0.2, 0.25) is 0 Å². The predicted molar refractivity (Wildman–Crippen MR) is 278 cm³/mol. The van der Waals surface area contributed by atoms with Crippen LogP contribution in [0, 0.1) is 10.8 Å². The fraction of sp³-hybridized carbons (Fsp3) is 0.478. The Bertz CT molecular complexity index is 2760. The number of nitrogens with two attached hydrogens (primary N) is 3. The molecule has 2 aromatic heterocycles. The maximum atomic E-state index is 14.5. The largest absolute Gasteiger partial charge is 0.445 e. The van der Waals surface area contributed by atoms with Gasteiger partial charge in [-0.2, -0.15) is 0 Å². The number of carbonyl (C=O) groups excluding carboxylic acids is 10. The zero-order valence-electron chi connectivity index (χ0n) is 42.5. The summed E-state index contributed by atoms with van der Waals surface area (Å²) in [7, 11) is 0. The van der Waals surface area contributed by atoms with Crippen molar-refractivity contribution in [3.8, 4) is 0 Å².